The smallest absolute Gasteiger partial charge is 0.136 e. The molecular formula is C10H21NO. The van der Waals surface area contributed by atoms with E-state index in [1.54, 1.807) is 6.92 Å². The van der Waals surface area contributed by atoms with Crippen LogP contribution in [0.15, 0.2) is 0 Å². The topological polar surface area (TPSA) is 20.3 Å². The van der Waals surface area contributed by atoms with Crippen molar-refractivity contribution >= 4 is 5.78 Å². The zero-order valence-corrected chi connectivity index (χ0v) is 8.98. The summed E-state index contributed by atoms with van der Waals surface area (Å²) in [5, 5.41) is 0. The Kier molecular flexibility index (Phi) is 4.46. The van der Waals surface area contributed by atoms with Crippen LogP contribution in [-0.2, 0) is 4.79 Å². The van der Waals surface area contributed by atoms with Crippen molar-refractivity contribution in [2.45, 2.75) is 34.6 Å². The number of ketones is 1. The lowest BCUT2D eigenvalue weighted by Gasteiger charge is -2.29. The van der Waals surface area contributed by atoms with Gasteiger partial charge in [0.2, 0.25) is 0 Å². The normalized spacial score (nSPS) is 12.2. The fourth-order valence-corrected chi connectivity index (χ4v) is 1.12. The predicted octanol–water partition coefficient (Wildman–Crippen LogP) is 1.94. The van der Waals surface area contributed by atoms with Crippen LogP contribution in [0.5, 0.6) is 0 Å². The van der Waals surface area contributed by atoms with Gasteiger partial charge in [-0.25, -0.2) is 0 Å². The minimum Gasteiger partial charge on any atom is -0.303 e. The molecule has 0 aliphatic rings. The van der Waals surface area contributed by atoms with E-state index in [0.717, 1.165) is 19.6 Å². The summed E-state index contributed by atoms with van der Waals surface area (Å²) in [6.07, 6.45) is 0. The molecule has 0 amide bonds. The van der Waals surface area contributed by atoms with Crippen LogP contribution in [0.2, 0.25) is 0 Å². The van der Waals surface area contributed by atoms with Crippen LogP contribution in [0.3, 0.4) is 0 Å². The third-order valence-corrected chi connectivity index (χ3v) is 2.47. The lowest BCUT2D eigenvalue weighted by molar-refractivity contribution is -0.125. The fourth-order valence-electron chi connectivity index (χ4n) is 1.12. The molecule has 0 aromatic carbocycles. The first-order chi connectivity index (χ1) is 5.44. The van der Waals surface area contributed by atoms with Gasteiger partial charge in [-0.05, 0) is 20.0 Å². The van der Waals surface area contributed by atoms with E-state index in [9.17, 15) is 4.79 Å². The second-order valence-electron chi connectivity index (χ2n) is 3.90. The van der Waals surface area contributed by atoms with E-state index in [1.807, 2.05) is 13.8 Å². The highest BCUT2D eigenvalue weighted by Crippen LogP contribution is 2.17. The Morgan fingerprint density at radius 2 is 1.67 bits per heavy atom. The number of carbonyl (C=O) groups excluding carboxylic acids is 1. The highest BCUT2D eigenvalue weighted by Gasteiger charge is 2.25. The first kappa shape index (κ1) is 11.6. The van der Waals surface area contributed by atoms with Crippen molar-refractivity contribution in [1.82, 2.24) is 4.90 Å². The molecule has 0 spiro atoms. The molecule has 0 rings (SSSR count). The van der Waals surface area contributed by atoms with Gasteiger partial charge in [0, 0.05) is 12.0 Å². The molecule has 0 aromatic heterocycles. The molecule has 0 aromatic rings. The Balaban J connectivity index is 4.12. The lowest BCUT2D eigenvalue weighted by Crippen LogP contribution is -2.38. The Morgan fingerprint density at radius 3 is 1.92 bits per heavy atom. The highest BCUT2D eigenvalue weighted by atomic mass is 16.1. The molecule has 0 N–H and O–H groups in total. The molecule has 0 saturated heterocycles. The maximum Gasteiger partial charge on any atom is 0.136 e. The molecule has 0 saturated carbocycles. The summed E-state index contributed by atoms with van der Waals surface area (Å²) in [6.45, 7) is 12.8. The van der Waals surface area contributed by atoms with Crippen LogP contribution in [0.25, 0.3) is 0 Å². The van der Waals surface area contributed by atoms with E-state index >= 15 is 0 Å². The zero-order chi connectivity index (χ0) is 9.78. The number of rotatable bonds is 5. The minimum absolute atomic E-state index is 0.188. The third-order valence-electron chi connectivity index (χ3n) is 2.47. The van der Waals surface area contributed by atoms with E-state index in [1.165, 1.54) is 0 Å². The highest BCUT2D eigenvalue weighted by molar-refractivity contribution is 5.81. The molecule has 2 nitrogen and oxygen atoms in total. The molecule has 0 fully saturated rings. The summed E-state index contributed by atoms with van der Waals surface area (Å²) < 4.78 is 0. The van der Waals surface area contributed by atoms with Crippen molar-refractivity contribution in [3.05, 3.63) is 0 Å². The van der Waals surface area contributed by atoms with Crippen molar-refractivity contribution in [2.24, 2.45) is 5.41 Å². The van der Waals surface area contributed by atoms with Crippen LogP contribution in [0.4, 0.5) is 0 Å². The molecule has 0 aliphatic heterocycles. The van der Waals surface area contributed by atoms with Gasteiger partial charge in [-0.3, -0.25) is 4.79 Å². The first-order valence-electron chi connectivity index (χ1n) is 4.67. The van der Waals surface area contributed by atoms with Crippen LogP contribution in [-0.4, -0.2) is 30.3 Å². The Bertz CT molecular complexity index is 148. The quantitative estimate of drug-likeness (QED) is 0.630. The summed E-state index contributed by atoms with van der Waals surface area (Å²) in [4.78, 5) is 13.5. The first-order valence-corrected chi connectivity index (χ1v) is 4.67. The maximum atomic E-state index is 11.2. The van der Waals surface area contributed by atoms with Crippen molar-refractivity contribution in [3.8, 4) is 0 Å². The minimum atomic E-state index is -0.188. The van der Waals surface area contributed by atoms with Gasteiger partial charge in [0.1, 0.15) is 5.78 Å². The summed E-state index contributed by atoms with van der Waals surface area (Å²) in [7, 11) is 0. The van der Waals surface area contributed by atoms with Crippen LogP contribution < -0.4 is 0 Å². The van der Waals surface area contributed by atoms with Gasteiger partial charge < -0.3 is 4.90 Å². The van der Waals surface area contributed by atoms with Gasteiger partial charge in [0.05, 0.1) is 0 Å². The second-order valence-corrected chi connectivity index (χ2v) is 3.90. The number of hydrogen-bond acceptors (Lipinski definition) is 2. The van der Waals surface area contributed by atoms with Crippen LogP contribution >= 0.6 is 0 Å². The van der Waals surface area contributed by atoms with Gasteiger partial charge in [-0.15, -0.1) is 0 Å². The molecule has 72 valence electrons. The van der Waals surface area contributed by atoms with Crippen LogP contribution in [0.1, 0.15) is 34.6 Å². The molecule has 12 heavy (non-hydrogen) atoms. The lowest BCUT2D eigenvalue weighted by atomic mass is 9.88. The molecule has 0 aliphatic carbocycles. The molecule has 0 bridgehead atoms. The number of hydrogen-bond donors (Lipinski definition) is 0. The average Bonchev–Trinajstić information content (AvgIpc) is 2.00. The van der Waals surface area contributed by atoms with E-state index in [0.29, 0.717) is 0 Å². The number of nitrogens with zero attached hydrogens (tertiary/aromatic N) is 1. The fraction of sp³-hybridized carbons (Fsp3) is 0.900. The predicted molar refractivity (Wildman–Crippen MR) is 52.3 cm³/mol. The Morgan fingerprint density at radius 1 is 1.25 bits per heavy atom. The van der Waals surface area contributed by atoms with E-state index in [-0.39, 0.29) is 11.2 Å². The van der Waals surface area contributed by atoms with Gasteiger partial charge in [-0.2, -0.15) is 0 Å². The van der Waals surface area contributed by atoms with Crippen LogP contribution in [0, 0.1) is 5.41 Å². The summed E-state index contributed by atoms with van der Waals surface area (Å²) in [5.41, 5.74) is -0.188. The summed E-state index contributed by atoms with van der Waals surface area (Å²) in [6, 6.07) is 0. The van der Waals surface area contributed by atoms with Crippen molar-refractivity contribution in [2.75, 3.05) is 19.6 Å². The van der Waals surface area contributed by atoms with E-state index < -0.39 is 0 Å². The third kappa shape index (κ3) is 3.35. The van der Waals surface area contributed by atoms with E-state index in [2.05, 4.69) is 18.7 Å². The SMILES string of the molecule is CCN(CC)CC(C)(C)C(C)=O. The molecule has 2 heteroatoms. The van der Waals surface area contributed by atoms with Gasteiger partial charge in [0.25, 0.3) is 0 Å². The number of carbonyl (C=O) groups is 1. The van der Waals surface area contributed by atoms with Gasteiger partial charge in [0.15, 0.2) is 0 Å². The van der Waals surface area contributed by atoms with Gasteiger partial charge >= 0.3 is 0 Å². The van der Waals surface area contributed by atoms with Crippen molar-refractivity contribution < 1.29 is 4.79 Å². The zero-order valence-electron chi connectivity index (χ0n) is 8.98. The van der Waals surface area contributed by atoms with Gasteiger partial charge in [-0.1, -0.05) is 27.7 Å². The second kappa shape index (κ2) is 4.61. The molecule has 0 atom stereocenters. The molecule has 0 radical (unpaired) electrons. The molecular weight excluding hydrogens is 150 g/mol. The Hall–Kier alpha value is -0.370. The van der Waals surface area contributed by atoms with Crippen molar-refractivity contribution in [1.29, 1.82) is 0 Å². The maximum absolute atomic E-state index is 11.2. The molecule has 0 heterocycles. The molecule has 0 unspecified atom stereocenters. The van der Waals surface area contributed by atoms with E-state index in [4.69, 9.17) is 0 Å². The standard InChI is InChI=1S/C10H21NO/c1-6-11(7-2)8-10(4,5)9(3)12/h6-8H2,1-5H3. The largest absolute Gasteiger partial charge is 0.303 e. The Labute approximate surface area is 75.9 Å². The van der Waals surface area contributed by atoms with Crippen molar-refractivity contribution in [3.63, 3.8) is 0 Å². The summed E-state index contributed by atoms with van der Waals surface area (Å²) in [5.74, 6) is 0.273. The monoisotopic (exact) mass is 171 g/mol. The average molecular weight is 171 g/mol. The number of Topliss-reactive ketones (excluding diaryl/α,β-unsaturated/α-hetero) is 1. The summed E-state index contributed by atoms with van der Waals surface area (Å²) >= 11 is 0.